The fourth-order valence-corrected chi connectivity index (χ4v) is 2.33. The highest BCUT2D eigenvalue weighted by Crippen LogP contribution is 2.28. The maximum absolute atomic E-state index is 12.5. The van der Waals surface area contributed by atoms with Gasteiger partial charge in [0.2, 0.25) is 0 Å². The lowest BCUT2D eigenvalue weighted by Crippen LogP contribution is -2.18. The molecule has 2 atom stereocenters. The summed E-state index contributed by atoms with van der Waals surface area (Å²) in [7, 11) is 0. The van der Waals surface area contributed by atoms with E-state index in [9.17, 15) is 4.79 Å². The molecule has 1 nitrogen and oxygen atoms in total. The highest BCUT2D eigenvalue weighted by molar-refractivity contribution is 5.98. The van der Waals surface area contributed by atoms with Crippen LogP contribution >= 0.6 is 0 Å². The molecule has 0 saturated carbocycles. The molecule has 1 heteroatoms. The Balaban J connectivity index is 2.25. The van der Waals surface area contributed by atoms with Crippen LogP contribution in [-0.4, -0.2) is 5.78 Å². The minimum atomic E-state index is -0.109. The summed E-state index contributed by atoms with van der Waals surface area (Å²) in [6.07, 6.45) is 1.86. The Morgan fingerprint density at radius 2 is 1.53 bits per heavy atom. The minimum Gasteiger partial charge on any atom is -0.294 e. The van der Waals surface area contributed by atoms with E-state index in [1.165, 1.54) is 0 Å². The quantitative estimate of drug-likeness (QED) is 0.565. The molecule has 0 fully saturated rings. The number of hydrogen-bond acceptors (Lipinski definition) is 1. The van der Waals surface area contributed by atoms with Crippen LogP contribution in [0.1, 0.15) is 28.8 Å². The Morgan fingerprint density at radius 3 is 2.05 bits per heavy atom. The first-order chi connectivity index (χ1) is 9.24. The lowest BCUT2D eigenvalue weighted by molar-refractivity contribution is 0.0921. The molecule has 0 spiro atoms. The summed E-state index contributed by atoms with van der Waals surface area (Å²) in [6, 6.07) is 19.5. The molecule has 0 saturated heterocycles. The second kappa shape index (κ2) is 6.14. The SMILES string of the molecule is C=C[C@H](c1ccccc1)[C@H](C)C(=O)c1ccccc1. The zero-order valence-corrected chi connectivity index (χ0v) is 11.1. The van der Waals surface area contributed by atoms with Crippen molar-refractivity contribution in [2.45, 2.75) is 12.8 Å². The van der Waals surface area contributed by atoms with Gasteiger partial charge in [0.15, 0.2) is 5.78 Å². The summed E-state index contributed by atoms with van der Waals surface area (Å²) in [5.41, 5.74) is 1.90. The Kier molecular flexibility index (Phi) is 4.30. The number of carbonyl (C=O) groups is 1. The third kappa shape index (κ3) is 3.00. The average Bonchev–Trinajstić information content (AvgIpc) is 2.49. The Morgan fingerprint density at radius 1 is 1.00 bits per heavy atom. The summed E-state index contributed by atoms with van der Waals surface area (Å²) in [4.78, 5) is 12.5. The molecular weight excluding hydrogens is 232 g/mol. The average molecular weight is 250 g/mol. The van der Waals surface area contributed by atoms with Gasteiger partial charge in [-0.1, -0.05) is 73.7 Å². The van der Waals surface area contributed by atoms with Crippen LogP contribution in [0.5, 0.6) is 0 Å². The van der Waals surface area contributed by atoms with Gasteiger partial charge in [0, 0.05) is 17.4 Å². The highest BCUT2D eigenvalue weighted by atomic mass is 16.1. The van der Waals surface area contributed by atoms with Crippen molar-refractivity contribution in [3.05, 3.63) is 84.4 Å². The summed E-state index contributed by atoms with van der Waals surface area (Å²) in [5.74, 6) is 0.102. The van der Waals surface area contributed by atoms with Gasteiger partial charge < -0.3 is 0 Å². The van der Waals surface area contributed by atoms with Gasteiger partial charge in [-0.2, -0.15) is 0 Å². The Hall–Kier alpha value is -2.15. The molecule has 0 amide bonds. The predicted octanol–water partition coefficient (Wildman–Crippen LogP) is 4.48. The van der Waals surface area contributed by atoms with Crippen molar-refractivity contribution in [2.75, 3.05) is 0 Å². The smallest absolute Gasteiger partial charge is 0.166 e. The van der Waals surface area contributed by atoms with Crippen molar-refractivity contribution in [3.63, 3.8) is 0 Å². The Labute approximate surface area is 114 Å². The molecule has 0 unspecified atom stereocenters. The first kappa shape index (κ1) is 13.3. The van der Waals surface area contributed by atoms with Crippen molar-refractivity contribution < 1.29 is 4.79 Å². The molecule has 0 N–H and O–H groups in total. The molecule has 2 rings (SSSR count). The van der Waals surface area contributed by atoms with Gasteiger partial charge in [-0.3, -0.25) is 4.79 Å². The van der Waals surface area contributed by atoms with Crippen LogP contribution in [-0.2, 0) is 0 Å². The largest absolute Gasteiger partial charge is 0.294 e. The van der Waals surface area contributed by atoms with E-state index >= 15 is 0 Å². The molecule has 0 aliphatic heterocycles. The van der Waals surface area contributed by atoms with E-state index in [2.05, 4.69) is 6.58 Å². The minimum absolute atomic E-state index is 0.0499. The van der Waals surface area contributed by atoms with E-state index < -0.39 is 0 Å². The second-order valence-corrected chi connectivity index (χ2v) is 4.69. The van der Waals surface area contributed by atoms with Crippen molar-refractivity contribution in [1.82, 2.24) is 0 Å². The van der Waals surface area contributed by atoms with Gasteiger partial charge in [-0.15, -0.1) is 6.58 Å². The fraction of sp³-hybridized carbons (Fsp3) is 0.167. The number of ketones is 1. The van der Waals surface area contributed by atoms with Gasteiger partial charge >= 0.3 is 0 Å². The maximum Gasteiger partial charge on any atom is 0.166 e. The number of hydrogen-bond donors (Lipinski definition) is 0. The van der Waals surface area contributed by atoms with E-state index in [0.29, 0.717) is 0 Å². The van der Waals surface area contributed by atoms with E-state index in [1.807, 2.05) is 73.7 Å². The number of allylic oxidation sites excluding steroid dienone is 1. The molecule has 0 aliphatic carbocycles. The van der Waals surface area contributed by atoms with Crippen molar-refractivity contribution >= 4 is 5.78 Å². The molecule has 0 heterocycles. The normalized spacial score (nSPS) is 13.5. The van der Waals surface area contributed by atoms with Crippen LogP contribution in [0.15, 0.2) is 73.3 Å². The molecule has 2 aromatic carbocycles. The summed E-state index contributed by atoms with van der Waals surface area (Å²) >= 11 is 0. The van der Waals surface area contributed by atoms with E-state index in [-0.39, 0.29) is 17.6 Å². The third-order valence-electron chi connectivity index (χ3n) is 3.45. The molecular formula is C18H18O. The zero-order valence-electron chi connectivity index (χ0n) is 11.1. The first-order valence-electron chi connectivity index (χ1n) is 6.51. The van der Waals surface area contributed by atoms with Crippen LogP contribution in [0.2, 0.25) is 0 Å². The maximum atomic E-state index is 12.5. The molecule has 0 aromatic heterocycles. The van der Waals surface area contributed by atoms with Crippen LogP contribution in [0, 0.1) is 5.92 Å². The number of carbonyl (C=O) groups excluding carboxylic acids is 1. The number of benzene rings is 2. The predicted molar refractivity (Wildman–Crippen MR) is 79.3 cm³/mol. The van der Waals surface area contributed by atoms with Gasteiger partial charge in [-0.25, -0.2) is 0 Å². The topological polar surface area (TPSA) is 17.1 Å². The lowest BCUT2D eigenvalue weighted by Gasteiger charge is -2.20. The number of rotatable bonds is 5. The molecule has 0 radical (unpaired) electrons. The second-order valence-electron chi connectivity index (χ2n) is 4.69. The van der Waals surface area contributed by atoms with Gasteiger partial charge in [0.05, 0.1) is 0 Å². The monoisotopic (exact) mass is 250 g/mol. The van der Waals surface area contributed by atoms with Gasteiger partial charge in [0.1, 0.15) is 0 Å². The van der Waals surface area contributed by atoms with Gasteiger partial charge in [0.25, 0.3) is 0 Å². The standard InChI is InChI=1S/C18H18O/c1-3-17(15-10-6-4-7-11-15)14(2)18(19)16-12-8-5-9-13-16/h3-14,17H,1H2,2H3/t14-,17-/m0/s1. The summed E-state index contributed by atoms with van der Waals surface area (Å²) in [5, 5.41) is 0. The van der Waals surface area contributed by atoms with Crippen molar-refractivity contribution in [1.29, 1.82) is 0 Å². The van der Waals surface area contributed by atoms with Crippen molar-refractivity contribution in [3.8, 4) is 0 Å². The first-order valence-corrected chi connectivity index (χ1v) is 6.51. The highest BCUT2D eigenvalue weighted by Gasteiger charge is 2.23. The summed E-state index contributed by atoms with van der Waals surface area (Å²) in [6.45, 7) is 5.85. The summed E-state index contributed by atoms with van der Waals surface area (Å²) < 4.78 is 0. The fourth-order valence-electron chi connectivity index (χ4n) is 2.33. The van der Waals surface area contributed by atoms with Crippen LogP contribution in [0.4, 0.5) is 0 Å². The van der Waals surface area contributed by atoms with E-state index in [0.717, 1.165) is 11.1 Å². The zero-order chi connectivity index (χ0) is 13.7. The molecule has 2 aromatic rings. The van der Waals surface area contributed by atoms with Crippen LogP contribution < -0.4 is 0 Å². The van der Waals surface area contributed by atoms with Crippen LogP contribution in [0.3, 0.4) is 0 Å². The third-order valence-corrected chi connectivity index (χ3v) is 3.45. The lowest BCUT2D eigenvalue weighted by atomic mass is 9.82. The van der Waals surface area contributed by atoms with Gasteiger partial charge in [-0.05, 0) is 5.56 Å². The molecule has 96 valence electrons. The van der Waals surface area contributed by atoms with E-state index in [1.54, 1.807) is 0 Å². The molecule has 19 heavy (non-hydrogen) atoms. The van der Waals surface area contributed by atoms with E-state index in [4.69, 9.17) is 0 Å². The van der Waals surface area contributed by atoms with Crippen molar-refractivity contribution in [2.24, 2.45) is 5.92 Å². The number of Topliss-reactive ketones (excluding diaryl/α,β-unsaturated/α-hetero) is 1. The molecule has 0 aliphatic rings. The molecule has 0 bridgehead atoms. The Bertz CT molecular complexity index is 542. The van der Waals surface area contributed by atoms with Crippen LogP contribution in [0.25, 0.3) is 0 Å².